The zero-order chi connectivity index (χ0) is 35.8. The van der Waals surface area contributed by atoms with E-state index in [2.05, 4.69) is 51.3 Å². The SMILES string of the molecule is COC1CCN(C(=O)NS2(=O)=NC(=O)c3ccc4c(c3)N(C[C@@H]3CC[C@H]3[C@@H](OC)/C=C/C[C@H](C)C2)C[C@@]2(CCCc3cc(C)ccc32)CO4)CC1. The van der Waals surface area contributed by atoms with E-state index < -0.39 is 21.9 Å². The number of methoxy groups -OCH3 is 2. The molecule has 2 aromatic rings. The molecule has 2 aliphatic carbocycles. The lowest BCUT2D eigenvalue weighted by atomic mass is 9.68. The number of likely N-dealkylation sites (tertiary alicyclic amines) is 1. The molecule has 276 valence electrons. The van der Waals surface area contributed by atoms with Crippen LogP contribution < -0.4 is 14.4 Å². The van der Waals surface area contributed by atoms with Gasteiger partial charge in [-0.25, -0.2) is 9.00 Å². The average Bonchev–Trinajstić information content (AvgIpc) is 3.25. The lowest BCUT2D eigenvalue weighted by Crippen LogP contribution is -2.49. The topological polar surface area (TPSA) is 110 Å². The Balaban J connectivity index is 1.26. The Labute approximate surface area is 303 Å². The van der Waals surface area contributed by atoms with Gasteiger partial charge in [0.2, 0.25) is 0 Å². The molecule has 0 radical (unpaired) electrons. The lowest BCUT2D eigenvalue weighted by molar-refractivity contribution is 0.0131. The van der Waals surface area contributed by atoms with E-state index in [4.69, 9.17) is 14.2 Å². The molecule has 1 N–H and O–H groups in total. The van der Waals surface area contributed by atoms with Gasteiger partial charge in [0.25, 0.3) is 5.91 Å². The van der Waals surface area contributed by atoms with Gasteiger partial charge in [-0.2, -0.15) is 0 Å². The number of carbonyl (C=O) groups is 2. The summed E-state index contributed by atoms with van der Waals surface area (Å²) in [5.41, 5.74) is 5.04. The molecule has 0 aromatic heterocycles. The van der Waals surface area contributed by atoms with Crippen LogP contribution in [0.2, 0.25) is 0 Å². The second kappa shape index (κ2) is 14.9. The minimum atomic E-state index is -3.47. The van der Waals surface area contributed by atoms with Crippen molar-refractivity contribution < 1.29 is 28.0 Å². The molecule has 2 bridgehead atoms. The first kappa shape index (κ1) is 36.0. The number of aryl methyl sites for hydroxylation is 2. The van der Waals surface area contributed by atoms with Crippen LogP contribution in [0.4, 0.5) is 10.5 Å². The first-order valence-corrected chi connectivity index (χ1v) is 20.5. The quantitative estimate of drug-likeness (QED) is 0.364. The summed E-state index contributed by atoms with van der Waals surface area (Å²) in [6, 6.07) is 11.8. The van der Waals surface area contributed by atoms with Gasteiger partial charge in [-0.15, -0.1) is 4.36 Å². The van der Waals surface area contributed by atoms with Crippen molar-refractivity contribution in [3.8, 4) is 5.75 Å². The van der Waals surface area contributed by atoms with Crippen molar-refractivity contribution in [3.05, 3.63) is 70.8 Å². The Morgan fingerprint density at radius 3 is 2.65 bits per heavy atom. The van der Waals surface area contributed by atoms with E-state index in [0.29, 0.717) is 56.4 Å². The van der Waals surface area contributed by atoms with Crippen molar-refractivity contribution in [1.82, 2.24) is 9.62 Å². The molecule has 3 heterocycles. The smallest absolute Gasteiger partial charge is 0.329 e. The van der Waals surface area contributed by atoms with Crippen molar-refractivity contribution in [1.29, 1.82) is 0 Å². The number of anilines is 1. The highest BCUT2D eigenvalue weighted by Crippen LogP contribution is 2.47. The number of benzene rings is 2. The van der Waals surface area contributed by atoms with E-state index in [1.54, 1.807) is 25.2 Å². The number of urea groups is 1. The fourth-order valence-corrected chi connectivity index (χ4v) is 10.9. The fraction of sp³-hybridized carbons (Fsp3) is 0.600. The van der Waals surface area contributed by atoms with Gasteiger partial charge in [-0.3, -0.25) is 9.52 Å². The van der Waals surface area contributed by atoms with Crippen LogP contribution >= 0.6 is 0 Å². The number of allylic oxidation sites excluding steroid dienone is 1. The van der Waals surface area contributed by atoms with Gasteiger partial charge < -0.3 is 24.0 Å². The summed E-state index contributed by atoms with van der Waals surface area (Å²) >= 11 is 0. The summed E-state index contributed by atoms with van der Waals surface area (Å²) in [5.74, 6) is 0.862. The van der Waals surface area contributed by atoms with Crippen LogP contribution in [0.15, 0.2) is 52.9 Å². The second-order valence-electron chi connectivity index (χ2n) is 15.6. The number of rotatable bonds is 3. The number of carbonyl (C=O) groups excluding carboxylic acids is 2. The van der Waals surface area contributed by atoms with Crippen molar-refractivity contribution >= 4 is 27.5 Å². The molecular formula is C40H54N4O6S. The van der Waals surface area contributed by atoms with Gasteiger partial charge in [0, 0.05) is 51.4 Å². The number of hydrogen-bond acceptors (Lipinski definition) is 7. The second-order valence-corrected chi connectivity index (χ2v) is 17.7. The van der Waals surface area contributed by atoms with Crippen molar-refractivity contribution in [2.75, 3.05) is 57.7 Å². The molecule has 11 heteroatoms. The van der Waals surface area contributed by atoms with Gasteiger partial charge in [-0.1, -0.05) is 42.8 Å². The van der Waals surface area contributed by atoms with Crippen molar-refractivity contribution in [3.63, 3.8) is 0 Å². The molecule has 1 saturated carbocycles. The molecule has 1 saturated heterocycles. The van der Waals surface area contributed by atoms with E-state index in [0.717, 1.165) is 56.6 Å². The molecule has 1 spiro atoms. The maximum atomic E-state index is 14.6. The van der Waals surface area contributed by atoms with Crippen molar-refractivity contribution in [2.24, 2.45) is 22.1 Å². The number of ether oxygens (including phenoxy) is 3. The number of nitrogens with zero attached hydrogens (tertiary/aromatic N) is 3. The Hall–Kier alpha value is -3.41. The molecule has 3 amide bonds. The molecule has 1 unspecified atom stereocenters. The van der Waals surface area contributed by atoms with Crippen LogP contribution in [-0.2, 0) is 31.2 Å². The van der Waals surface area contributed by atoms with E-state index in [-0.39, 0.29) is 29.3 Å². The number of nitrogens with one attached hydrogen (secondary N) is 1. The highest BCUT2D eigenvalue weighted by atomic mass is 32.2. The van der Waals surface area contributed by atoms with Crippen LogP contribution in [-0.4, -0.2) is 86.0 Å². The average molecular weight is 719 g/mol. The maximum Gasteiger partial charge on any atom is 0.329 e. The Morgan fingerprint density at radius 1 is 1.08 bits per heavy atom. The summed E-state index contributed by atoms with van der Waals surface area (Å²) in [6.45, 7) is 7.25. The van der Waals surface area contributed by atoms with Crippen LogP contribution in [0.1, 0.15) is 78.9 Å². The predicted octanol–water partition coefficient (Wildman–Crippen LogP) is 6.45. The molecule has 5 aliphatic rings. The third kappa shape index (κ3) is 7.57. The van der Waals surface area contributed by atoms with Crippen LogP contribution in [0.5, 0.6) is 5.75 Å². The summed E-state index contributed by atoms with van der Waals surface area (Å²) in [6.07, 6.45) is 11.7. The highest BCUT2D eigenvalue weighted by Gasteiger charge is 2.44. The van der Waals surface area contributed by atoms with Gasteiger partial charge in [0.05, 0.1) is 30.3 Å². The summed E-state index contributed by atoms with van der Waals surface area (Å²) in [7, 11) is -0.00644. The van der Waals surface area contributed by atoms with Crippen LogP contribution in [0.3, 0.4) is 0 Å². The van der Waals surface area contributed by atoms with Gasteiger partial charge in [-0.05, 0) is 105 Å². The minimum Gasteiger partial charge on any atom is -0.490 e. The summed E-state index contributed by atoms with van der Waals surface area (Å²) in [4.78, 5) is 31.6. The van der Waals surface area contributed by atoms with E-state index in [1.807, 2.05) is 19.1 Å². The minimum absolute atomic E-state index is 0.0319. The monoisotopic (exact) mass is 718 g/mol. The highest BCUT2D eigenvalue weighted by molar-refractivity contribution is 7.92. The van der Waals surface area contributed by atoms with E-state index in [9.17, 15) is 13.8 Å². The van der Waals surface area contributed by atoms with Crippen LogP contribution in [0.25, 0.3) is 0 Å². The number of amides is 3. The molecule has 51 heavy (non-hydrogen) atoms. The van der Waals surface area contributed by atoms with Crippen molar-refractivity contribution in [2.45, 2.75) is 82.8 Å². The Bertz CT molecular complexity index is 1780. The lowest BCUT2D eigenvalue weighted by Gasteiger charge is -2.46. The third-order valence-electron chi connectivity index (χ3n) is 12.0. The first-order valence-electron chi connectivity index (χ1n) is 18.8. The normalized spacial score (nSPS) is 32.0. The maximum absolute atomic E-state index is 14.6. The van der Waals surface area contributed by atoms with Gasteiger partial charge >= 0.3 is 6.03 Å². The number of fused-ring (bicyclic) bond motifs is 4. The zero-order valence-corrected chi connectivity index (χ0v) is 31.4. The standard InChI is InChI=1S/C40H54N4O6S/c1-27-10-14-34-29(21-27)8-6-18-40(34)25-44-23-31-11-13-33(31)36(49-4)9-5-7-28(2)24-51(47,42-39(46)43-19-16-32(48-3)17-20-43)41-38(45)30-12-15-37(50-26-40)35(44)22-30/h5,9-10,12,14-15,21-22,28,31-33,36H,6-8,11,13,16-20,23-26H2,1-4H3,(H,41,42,45,46,47)/b9-5+/t28-,31-,33+,36-,40-,51?/m0/s1. The van der Waals surface area contributed by atoms with E-state index >= 15 is 0 Å². The Morgan fingerprint density at radius 2 is 1.90 bits per heavy atom. The molecular weight excluding hydrogens is 665 g/mol. The summed E-state index contributed by atoms with van der Waals surface area (Å²) < 4.78 is 39.9. The fourth-order valence-electron chi connectivity index (χ4n) is 9.02. The largest absolute Gasteiger partial charge is 0.490 e. The van der Waals surface area contributed by atoms with Gasteiger partial charge in [0.15, 0.2) is 0 Å². The predicted molar refractivity (Wildman–Crippen MR) is 200 cm³/mol. The molecule has 6 atom stereocenters. The molecule has 2 aromatic carbocycles. The van der Waals surface area contributed by atoms with E-state index in [1.165, 1.54) is 16.7 Å². The molecule has 10 nitrogen and oxygen atoms in total. The van der Waals surface area contributed by atoms with Crippen LogP contribution in [0, 0.1) is 24.7 Å². The molecule has 3 aliphatic heterocycles. The first-order chi connectivity index (χ1) is 24.6. The number of hydrogen-bond donors (Lipinski definition) is 1. The summed E-state index contributed by atoms with van der Waals surface area (Å²) in [5, 5.41) is 0. The zero-order valence-electron chi connectivity index (χ0n) is 30.6. The Kier molecular flexibility index (Phi) is 10.5. The molecule has 7 rings (SSSR count). The number of piperidine rings is 1. The molecule has 2 fully saturated rings. The third-order valence-corrected chi connectivity index (χ3v) is 14.0. The van der Waals surface area contributed by atoms with Gasteiger partial charge in [0.1, 0.15) is 15.7 Å².